The van der Waals surface area contributed by atoms with E-state index in [1.54, 1.807) is 25.1 Å². The molecule has 4 aliphatic carbocycles. The van der Waals surface area contributed by atoms with Crippen LogP contribution in [-0.4, -0.2) is 26.8 Å². The van der Waals surface area contributed by atoms with Gasteiger partial charge in [0.15, 0.2) is 5.82 Å². The fraction of sp³-hybridized carbons (Fsp3) is 0.600. The Bertz CT molecular complexity index is 1170. The molecule has 0 spiro atoms. The van der Waals surface area contributed by atoms with E-state index in [-0.39, 0.29) is 24.1 Å². The third-order valence-corrected chi connectivity index (χ3v) is 8.66. The van der Waals surface area contributed by atoms with Crippen molar-refractivity contribution < 1.29 is 27.6 Å². The van der Waals surface area contributed by atoms with Crippen LogP contribution in [0.2, 0.25) is 0 Å². The van der Waals surface area contributed by atoms with Crippen LogP contribution in [-0.2, 0) is 16.4 Å². The molecule has 2 unspecified atom stereocenters. The molecule has 1 amide bonds. The first-order valence-electron chi connectivity index (χ1n) is 11.9. The third-order valence-electron chi connectivity index (χ3n) is 8.66. The number of nitriles is 1. The topological polar surface area (TPSA) is 112 Å². The summed E-state index contributed by atoms with van der Waals surface area (Å²) < 4.78 is 43.8. The van der Waals surface area contributed by atoms with Gasteiger partial charge in [-0.3, -0.25) is 4.79 Å². The van der Waals surface area contributed by atoms with Gasteiger partial charge in [0, 0.05) is 16.7 Å². The molecule has 2 atom stereocenters. The van der Waals surface area contributed by atoms with Gasteiger partial charge in [0.2, 0.25) is 5.91 Å². The first kappa shape index (κ1) is 23.8. The summed E-state index contributed by atoms with van der Waals surface area (Å²) in [5.41, 5.74) is -1.75. The zero-order valence-corrected chi connectivity index (χ0v) is 19.4. The van der Waals surface area contributed by atoms with Gasteiger partial charge in [-0.05, 0) is 69.6 Å². The lowest BCUT2D eigenvalue weighted by Gasteiger charge is -2.62. The Kier molecular flexibility index (Phi) is 5.47. The smallest absolute Gasteiger partial charge is 0.389 e. The maximum atomic E-state index is 13.1. The number of carbonyl (C=O) groups excluding carboxylic acids is 1. The largest absolute Gasteiger partial charge is 0.471 e. The molecular weight excluding hydrogens is 461 g/mol. The Hall–Kier alpha value is -2.93. The van der Waals surface area contributed by atoms with Crippen LogP contribution in [0.15, 0.2) is 28.8 Å². The van der Waals surface area contributed by atoms with E-state index in [1.807, 2.05) is 6.07 Å². The second kappa shape index (κ2) is 8.05. The number of alkyl halides is 3. The SMILES string of the molecule is CC1(O)CC2(c3noc(C(F)(F)F)n3)CCC1(C(NC(=O)C1CCC1)c1cccc(C#N)c1)CC2. The predicted molar refractivity (Wildman–Crippen MR) is 117 cm³/mol. The predicted octanol–water partition coefficient (Wildman–Crippen LogP) is 4.57. The van der Waals surface area contributed by atoms with E-state index in [1.165, 1.54) is 0 Å². The highest BCUT2D eigenvalue weighted by Gasteiger charge is 2.65. The minimum Gasteiger partial charge on any atom is -0.389 e. The number of fused-ring (bicyclic) bond motifs is 3. The molecule has 10 heteroatoms. The average molecular weight is 489 g/mol. The van der Waals surface area contributed by atoms with Crippen LogP contribution in [0.3, 0.4) is 0 Å². The molecule has 7 nitrogen and oxygen atoms in total. The summed E-state index contributed by atoms with van der Waals surface area (Å²) in [6.07, 6.45) is -0.148. The molecule has 2 bridgehead atoms. The third kappa shape index (κ3) is 3.80. The van der Waals surface area contributed by atoms with Gasteiger partial charge in [0.25, 0.3) is 0 Å². The van der Waals surface area contributed by atoms with Gasteiger partial charge in [-0.15, -0.1) is 0 Å². The van der Waals surface area contributed by atoms with E-state index in [0.29, 0.717) is 31.2 Å². The Balaban J connectivity index is 1.51. The molecule has 0 radical (unpaired) electrons. The minimum absolute atomic E-state index is 0.0278. The van der Waals surface area contributed by atoms with Crippen LogP contribution < -0.4 is 5.32 Å². The Morgan fingerprint density at radius 2 is 2.00 bits per heavy atom. The van der Waals surface area contributed by atoms with E-state index in [4.69, 9.17) is 0 Å². The Morgan fingerprint density at radius 1 is 1.29 bits per heavy atom. The molecule has 0 saturated heterocycles. The standard InChI is InChI=1S/C25H27F3N4O3/c1-22(34)14-23(20-31-21(35-32-20)25(26,27)28)8-10-24(22,11-9-23)18(30-19(33)16-5-3-6-16)17-7-2-4-15(12-17)13-29/h2,4,7,12,16,18,34H,3,5-6,8-11,14H2,1H3,(H,30,33). The Morgan fingerprint density at radius 3 is 2.54 bits per heavy atom. The van der Waals surface area contributed by atoms with Crippen molar-refractivity contribution in [1.82, 2.24) is 15.5 Å². The molecule has 186 valence electrons. The fourth-order valence-corrected chi connectivity index (χ4v) is 6.44. The van der Waals surface area contributed by atoms with Gasteiger partial charge in [0.05, 0.1) is 23.3 Å². The van der Waals surface area contributed by atoms with E-state index in [9.17, 15) is 28.3 Å². The van der Waals surface area contributed by atoms with Crippen molar-refractivity contribution in [3.05, 3.63) is 47.1 Å². The van der Waals surface area contributed by atoms with E-state index >= 15 is 0 Å². The first-order valence-corrected chi connectivity index (χ1v) is 11.9. The maximum absolute atomic E-state index is 13.1. The average Bonchev–Trinajstić information content (AvgIpc) is 3.28. The molecule has 0 aliphatic heterocycles. The van der Waals surface area contributed by atoms with Crippen LogP contribution in [0.4, 0.5) is 13.2 Å². The molecule has 2 aromatic rings. The first-order chi connectivity index (χ1) is 16.5. The highest BCUT2D eigenvalue weighted by Crippen LogP contribution is 2.65. The van der Waals surface area contributed by atoms with E-state index in [0.717, 1.165) is 24.8 Å². The molecule has 1 aromatic carbocycles. The fourth-order valence-electron chi connectivity index (χ4n) is 6.44. The molecule has 4 saturated carbocycles. The van der Waals surface area contributed by atoms with Gasteiger partial charge in [0.1, 0.15) is 0 Å². The summed E-state index contributed by atoms with van der Waals surface area (Å²) in [4.78, 5) is 16.7. The van der Waals surface area contributed by atoms with E-state index < -0.39 is 34.5 Å². The van der Waals surface area contributed by atoms with Gasteiger partial charge in [-0.25, -0.2) is 0 Å². The molecule has 4 fully saturated rings. The van der Waals surface area contributed by atoms with Gasteiger partial charge >= 0.3 is 12.1 Å². The second-order valence-electron chi connectivity index (χ2n) is 10.6. The summed E-state index contributed by atoms with van der Waals surface area (Å²) in [5.74, 6) is -1.55. The summed E-state index contributed by atoms with van der Waals surface area (Å²) in [5, 5.41) is 28.2. The van der Waals surface area contributed by atoms with Crippen LogP contribution in [0.5, 0.6) is 0 Å². The molecule has 1 aromatic heterocycles. The highest BCUT2D eigenvalue weighted by atomic mass is 19.4. The molecule has 6 rings (SSSR count). The lowest BCUT2D eigenvalue weighted by atomic mass is 9.44. The van der Waals surface area contributed by atoms with Crippen molar-refractivity contribution in [3.63, 3.8) is 0 Å². The molecule has 1 heterocycles. The normalized spacial score (nSPS) is 31.4. The number of benzene rings is 1. The van der Waals surface area contributed by atoms with Crippen molar-refractivity contribution in [1.29, 1.82) is 5.26 Å². The van der Waals surface area contributed by atoms with Gasteiger partial charge in [-0.1, -0.05) is 23.7 Å². The molecule has 4 aliphatic rings. The van der Waals surface area contributed by atoms with Crippen molar-refractivity contribution in [2.75, 3.05) is 0 Å². The summed E-state index contributed by atoms with van der Waals surface area (Å²) in [7, 11) is 0. The van der Waals surface area contributed by atoms with Gasteiger partial charge < -0.3 is 14.9 Å². The number of halogens is 3. The van der Waals surface area contributed by atoms with Crippen molar-refractivity contribution in [2.24, 2.45) is 11.3 Å². The number of nitrogens with zero attached hydrogens (tertiary/aromatic N) is 3. The van der Waals surface area contributed by atoms with E-state index in [2.05, 4.69) is 26.0 Å². The maximum Gasteiger partial charge on any atom is 0.471 e. The van der Waals surface area contributed by atoms with Crippen LogP contribution in [0, 0.1) is 22.7 Å². The monoisotopic (exact) mass is 488 g/mol. The van der Waals surface area contributed by atoms with Gasteiger partial charge in [-0.2, -0.15) is 23.4 Å². The zero-order chi connectivity index (χ0) is 25.1. The lowest BCUT2D eigenvalue weighted by Crippen LogP contribution is -2.64. The van der Waals surface area contributed by atoms with Crippen molar-refractivity contribution >= 4 is 5.91 Å². The number of rotatable bonds is 5. The molecule has 2 N–H and O–H groups in total. The number of aliphatic hydroxyl groups is 1. The van der Waals surface area contributed by atoms with Crippen molar-refractivity contribution in [2.45, 2.75) is 81.5 Å². The van der Waals surface area contributed by atoms with Crippen LogP contribution in [0.25, 0.3) is 0 Å². The summed E-state index contributed by atoms with van der Waals surface area (Å²) in [6.45, 7) is 1.68. The quantitative estimate of drug-likeness (QED) is 0.638. The number of hydrogen-bond donors (Lipinski definition) is 2. The lowest BCUT2D eigenvalue weighted by molar-refractivity contribution is -0.181. The summed E-state index contributed by atoms with van der Waals surface area (Å²) in [6, 6.07) is 8.62. The molecule has 35 heavy (non-hydrogen) atoms. The van der Waals surface area contributed by atoms with Crippen molar-refractivity contribution in [3.8, 4) is 6.07 Å². The Labute approximate surface area is 200 Å². The van der Waals surface area contributed by atoms with Crippen LogP contribution >= 0.6 is 0 Å². The highest BCUT2D eigenvalue weighted by molar-refractivity contribution is 5.80. The number of carbonyl (C=O) groups is 1. The number of hydrogen-bond acceptors (Lipinski definition) is 6. The number of aromatic nitrogens is 2. The molecular formula is C25H27F3N4O3. The number of nitrogens with one attached hydrogen (secondary N) is 1. The second-order valence-corrected chi connectivity index (χ2v) is 10.6. The summed E-state index contributed by atoms with van der Waals surface area (Å²) >= 11 is 0. The van der Waals surface area contributed by atoms with Crippen LogP contribution in [0.1, 0.15) is 87.2 Å². The minimum atomic E-state index is -4.74. The number of amides is 1. The zero-order valence-electron chi connectivity index (χ0n) is 19.4.